The summed E-state index contributed by atoms with van der Waals surface area (Å²) in [6.07, 6.45) is 3.63. The highest BCUT2D eigenvalue weighted by Crippen LogP contribution is 2.65. The van der Waals surface area contributed by atoms with Gasteiger partial charge >= 0.3 is 6.03 Å². The van der Waals surface area contributed by atoms with Crippen LogP contribution in [-0.4, -0.2) is 66.5 Å². The van der Waals surface area contributed by atoms with E-state index in [-0.39, 0.29) is 23.4 Å². The molecule has 26 heavy (non-hydrogen) atoms. The van der Waals surface area contributed by atoms with Gasteiger partial charge in [0, 0.05) is 38.3 Å². The van der Waals surface area contributed by atoms with Crippen molar-refractivity contribution in [3.05, 3.63) is 0 Å². The highest BCUT2D eigenvalue weighted by Gasteiger charge is 2.61. The monoisotopic (exact) mass is 364 g/mol. The van der Waals surface area contributed by atoms with Crippen LogP contribution in [0.25, 0.3) is 0 Å². The van der Waals surface area contributed by atoms with Crippen molar-refractivity contribution in [3.63, 3.8) is 0 Å². The minimum Gasteiger partial charge on any atom is -0.353 e. The molecule has 0 aromatic rings. The van der Waals surface area contributed by atoms with E-state index >= 15 is 0 Å². The van der Waals surface area contributed by atoms with Crippen molar-refractivity contribution in [3.8, 4) is 0 Å². The maximum Gasteiger partial charge on any atom is 0.317 e. The normalized spacial score (nSPS) is 33.5. The minimum atomic E-state index is 0.0649. The van der Waals surface area contributed by atoms with Gasteiger partial charge in [0.2, 0.25) is 5.91 Å². The van der Waals surface area contributed by atoms with Gasteiger partial charge in [-0.2, -0.15) is 0 Å². The molecule has 148 valence electrons. The van der Waals surface area contributed by atoms with E-state index in [4.69, 9.17) is 0 Å². The molecule has 3 rings (SSSR count). The van der Waals surface area contributed by atoms with E-state index in [1.165, 1.54) is 12.8 Å². The predicted octanol–water partition coefficient (Wildman–Crippen LogP) is 2.05. The number of piperazine rings is 1. The van der Waals surface area contributed by atoms with Crippen LogP contribution in [0, 0.1) is 16.7 Å². The molecule has 2 bridgehead atoms. The number of nitrogens with zero attached hydrogens (tertiary/aromatic N) is 2. The molecular weight excluding hydrogens is 328 g/mol. The first-order valence-corrected chi connectivity index (χ1v) is 10.2. The fourth-order valence-electron chi connectivity index (χ4n) is 5.34. The van der Waals surface area contributed by atoms with E-state index in [0.29, 0.717) is 31.1 Å². The topological polar surface area (TPSA) is 64.7 Å². The number of urea groups is 1. The first-order chi connectivity index (χ1) is 12.1. The second-order valence-electron chi connectivity index (χ2n) is 9.60. The van der Waals surface area contributed by atoms with Crippen molar-refractivity contribution in [1.82, 2.24) is 20.4 Å². The van der Waals surface area contributed by atoms with Crippen LogP contribution >= 0.6 is 0 Å². The molecule has 3 amide bonds. The second-order valence-corrected chi connectivity index (χ2v) is 9.60. The van der Waals surface area contributed by atoms with E-state index in [0.717, 1.165) is 25.4 Å². The van der Waals surface area contributed by atoms with Gasteiger partial charge in [0.05, 0.1) is 6.54 Å². The number of rotatable bonds is 4. The van der Waals surface area contributed by atoms with Gasteiger partial charge < -0.3 is 15.5 Å². The summed E-state index contributed by atoms with van der Waals surface area (Å²) >= 11 is 0. The molecule has 1 aliphatic heterocycles. The SMILES string of the molecule is CC(C)NC(=O)CN1CCN(C(=O)NC2CC3CCC2(C)C3(C)C)CC1. The number of carbonyl (C=O) groups excluding carboxylic acids is 2. The summed E-state index contributed by atoms with van der Waals surface area (Å²) in [5, 5.41) is 6.27. The zero-order chi connectivity index (χ0) is 19.1. The Morgan fingerprint density at radius 3 is 2.27 bits per heavy atom. The van der Waals surface area contributed by atoms with Crippen LogP contribution in [0.1, 0.15) is 53.9 Å². The Morgan fingerprint density at radius 2 is 1.77 bits per heavy atom. The van der Waals surface area contributed by atoms with Crippen molar-refractivity contribution in [2.45, 2.75) is 66.0 Å². The van der Waals surface area contributed by atoms with E-state index in [2.05, 4.69) is 36.3 Å². The van der Waals surface area contributed by atoms with Gasteiger partial charge in [-0.1, -0.05) is 20.8 Å². The third-order valence-electron chi connectivity index (χ3n) is 7.57. The van der Waals surface area contributed by atoms with E-state index in [1.807, 2.05) is 18.7 Å². The Kier molecular flexibility index (Phi) is 5.26. The third kappa shape index (κ3) is 3.45. The largest absolute Gasteiger partial charge is 0.353 e. The molecule has 6 nitrogen and oxygen atoms in total. The highest BCUT2D eigenvalue weighted by molar-refractivity contribution is 5.78. The average molecular weight is 365 g/mol. The van der Waals surface area contributed by atoms with Gasteiger partial charge in [0.15, 0.2) is 0 Å². The molecule has 0 aromatic heterocycles. The zero-order valence-corrected chi connectivity index (χ0v) is 17.1. The summed E-state index contributed by atoms with van der Waals surface area (Å²) in [7, 11) is 0. The maximum atomic E-state index is 12.8. The van der Waals surface area contributed by atoms with Crippen LogP contribution in [0.15, 0.2) is 0 Å². The quantitative estimate of drug-likeness (QED) is 0.802. The van der Waals surface area contributed by atoms with Crippen LogP contribution in [0.3, 0.4) is 0 Å². The molecular formula is C20H36N4O2. The first kappa shape index (κ1) is 19.5. The number of nitrogens with one attached hydrogen (secondary N) is 2. The molecule has 1 saturated heterocycles. The van der Waals surface area contributed by atoms with Crippen LogP contribution in [-0.2, 0) is 4.79 Å². The second kappa shape index (κ2) is 7.02. The minimum absolute atomic E-state index is 0.0649. The molecule has 2 N–H and O–H groups in total. The highest BCUT2D eigenvalue weighted by atomic mass is 16.2. The van der Waals surface area contributed by atoms with Gasteiger partial charge in [-0.25, -0.2) is 4.79 Å². The molecule has 3 atom stereocenters. The summed E-state index contributed by atoms with van der Waals surface area (Å²) in [6.45, 7) is 14.4. The Bertz CT molecular complexity index is 554. The smallest absolute Gasteiger partial charge is 0.317 e. The van der Waals surface area contributed by atoms with Crippen molar-refractivity contribution in [2.24, 2.45) is 16.7 Å². The van der Waals surface area contributed by atoms with Gasteiger partial charge in [0.1, 0.15) is 0 Å². The van der Waals surface area contributed by atoms with E-state index in [1.54, 1.807) is 0 Å². The molecule has 1 heterocycles. The molecule has 6 heteroatoms. The summed E-state index contributed by atoms with van der Waals surface area (Å²) in [4.78, 5) is 28.7. The lowest BCUT2D eigenvalue weighted by Crippen LogP contribution is -2.56. The summed E-state index contributed by atoms with van der Waals surface area (Å²) < 4.78 is 0. The number of carbonyl (C=O) groups is 2. The molecule has 0 radical (unpaired) electrons. The van der Waals surface area contributed by atoms with Crippen LogP contribution in [0.4, 0.5) is 4.79 Å². The number of hydrogen-bond donors (Lipinski definition) is 2. The van der Waals surface area contributed by atoms with Crippen molar-refractivity contribution < 1.29 is 9.59 Å². The van der Waals surface area contributed by atoms with Gasteiger partial charge in [-0.3, -0.25) is 9.69 Å². The van der Waals surface area contributed by atoms with E-state index < -0.39 is 0 Å². The number of hydrogen-bond acceptors (Lipinski definition) is 3. The lowest BCUT2D eigenvalue weighted by atomic mass is 9.69. The van der Waals surface area contributed by atoms with Crippen molar-refractivity contribution in [2.75, 3.05) is 32.7 Å². The summed E-state index contributed by atoms with van der Waals surface area (Å²) in [5.74, 6) is 0.796. The standard InChI is InChI=1S/C20H36N4O2/c1-14(2)21-17(25)13-23-8-10-24(11-9-23)18(26)22-16-12-15-6-7-20(16,5)19(15,3)4/h14-16H,6-13H2,1-5H3,(H,21,25)(H,22,26). The lowest BCUT2D eigenvalue weighted by Gasteiger charge is -2.41. The Hall–Kier alpha value is -1.30. The average Bonchev–Trinajstić information content (AvgIpc) is 2.88. The zero-order valence-electron chi connectivity index (χ0n) is 17.1. The molecule has 2 saturated carbocycles. The lowest BCUT2D eigenvalue weighted by molar-refractivity contribution is -0.123. The van der Waals surface area contributed by atoms with Crippen molar-refractivity contribution in [1.29, 1.82) is 0 Å². The molecule has 3 aliphatic rings. The number of amides is 3. The van der Waals surface area contributed by atoms with Gasteiger partial charge in [-0.05, 0) is 49.9 Å². The summed E-state index contributed by atoms with van der Waals surface area (Å²) in [5.41, 5.74) is 0.525. The number of fused-ring (bicyclic) bond motifs is 2. The van der Waals surface area contributed by atoms with Crippen LogP contribution < -0.4 is 10.6 Å². The van der Waals surface area contributed by atoms with Crippen LogP contribution in [0.5, 0.6) is 0 Å². The maximum absolute atomic E-state index is 12.8. The fourth-order valence-corrected chi connectivity index (χ4v) is 5.34. The fraction of sp³-hybridized carbons (Fsp3) is 0.900. The Labute approximate surface area is 158 Å². The van der Waals surface area contributed by atoms with Crippen molar-refractivity contribution >= 4 is 11.9 Å². The molecule has 3 unspecified atom stereocenters. The van der Waals surface area contributed by atoms with Gasteiger partial charge in [-0.15, -0.1) is 0 Å². The Balaban J connectivity index is 1.47. The summed E-state index contributed by atoms with van der Waals surface area (Å²) in [6, 6.07) is 0.534. The first-order valence-electron chi connectivity index (χ1n) is 10.2. The molecule has 0 aromatic carbocycles. The van der Waals surface area contributed by atoms with Gasteiger partial charge in [0.25, 0.3) is 0 Å². The predicted molar refractivity (Wildman–Crippen MR) is 103 cm³/mol. The van der Waals surface area contributed by atoms with Crippen LogP contribution in [0.2, 0.25) is 0 Å². The Morgan fingerprint density at radius 1 is 1.12 bits per heavy atom. The van der Waals surface area contributed by atoms with E-state index in [9.17, 15) is 9.59 Å². The molecule has 3 fully saturated rings. The molecule has 2 aliphatic carbocycles. The molecule has 0 spiro atoms. The third-order valence-corrected chi connectivity index (χ3v) is 7.57.